The lowest BCUT2D eigenvalue weighted by atomic mass is 9.96. The Bertz CT molecular complexity index is 1060. The minimum atomic E-state index is -0.394. The number of para-hydroxylation sites is 1. The highest BCUT2D eigenvalue weighted by Crippen LogP contribution is 2.34. The van der Waals surface area contributed by atoms with Crippen LogP contribution >= 0.6 is 0 Å². The van der Waals surface area contributed by atoms with Gasteiger partial charge in [0.15, 0.2) is 17.6 Å². The average Bonchev–Trinajstić information content (AvgIpc) is 3.33. The fraction of sp³-hybridized carbons (Fsp3) is 0.417. The van der Waals surface area contributed by atoms with Crippen LogP contribution < -0.4 is 4.74 Å². The van der Waals surface area contributed by atoms with Gasteiger partial charge >= 0.3 is 0 Å². The Morgan fingerprint density at radius 1 is 1.07 bits per heavy atom. The molecule has 29 heavy (non-hydrogen) atoms. The second kappa shape index (κ2) is 6.90. The number of carbonyl (C=O) groups is 1. The Labute approximate surface area is 170 Å². The summed E-state index contributed by atoms with van der Waals surface area (Å²) in [4.78, 5) is 19.7. The molecule has 150 valence electrons. The van der Waals surface area contributed by atoms with Crippen LogP contribution in [0, 0.1) is 20.8 Å². The molecule has 3 heterocycles. The molecule has 2 aromatic carbocycles. The van der Waals surface area contributed by atoms with E-state index in [1.54, 1.807) is 0 Å². The number of benzene rings is 2. The van der Waals surface area contributed by atoms with Gasteiger partial charge in [0, 0.05) is 25.4 Å². The van der Waals surface area contributed by atoms with Gasteiger partial charge < -0.3 is 14.1 Å². The smallest absolute Gasteiger partial charge is 0.263 e. The zero-order chi connectivity index (χ0) is 20.1. The number of fused-ring (bicyclic) bond motifs is 2. The summed E-state index contributed by atoms with van der Waals surface area (Å²) in [5, 5.41) is 0. The molecule has 0 spiro atoms. The minimum absolute atomic E-state index is 0.100. The predicted molar refractivity (Wildman–Crippen MR) is 111 cm³/mol. The fourth-order valence-corrected chi connectivity index (χ4v) is 4.48. The van der Waals surface area contributed by atoms with E-state index in [-0.39, 0.29) is 11.8 Å². The molecule has 1 atom stereocenters. The molecule has 1 aromatic heterocycles. The molecule has 0 N–H and O–H groups in total. The van der Waals surface area contributed by atoms with E-state index in [0.29, 0.717) is 6.42 Å². The number of nitrogens with zero attached hydrogens (tertiary/aromatic N) is 2. The zero-order valence-electron chi connectivity index (χ0n) is 17.2. The summed E-state index contributed by atoms with van der Waals surface area (Å²) < 4.78 is 12.1. The summed E-state index contributed by atoms with van der Waals surface area (Å²) in [6, 6.07) is 10.3. The number of hydrogen-bond donors (Lipinski definition) is 0. The molecule has 0 saturated carbocycles. The van der Waals surface area contributed by atoms with Crippen LogP contribution in [0.5, 0.6) is 5.75 Å². The van der Waals surface area contributed by atoms with E-state index in [0.717, 1.165) is 59.8 Å². The number of aryl methyl sites for hydroxylation is 3. The van der Waals surface area contributed by atoms with E-state index in [1.807, 2.05) is 30.0 Å². The number of hydrogen-bond acceptors (Lipinski definition) is 4. The predicted octanol–water partition coefficient (Wildman–Crippen LogP) is 4.46. The summed E-state index contributed by atoms with van der Waals surface area (Å²) >= 11 is 0. The lowest BCUT2D eigenvalue weighted by molar-refractivity contribution is -0.139. The number of piperidine rings is 1. The van der Waals surface area contributed by atoms with Crippen molar-refractivity contribution in [2.24, 2.45) is 0 Å². The molecule has 2 aliphatic heterocycles. The van der Waals surface area contributed by atoms with E-state index in [9.17, 15) is 4.79 Å². The van der Waals surface area contributed by atoms with Gasteiger partial charge in [0.1, 0.15) is 11.3 Å². The fourth-order valence-electron chi connectivity index (χ4n) is 4.48. The van der Waals surface area contributed by atoms with Gasteiger partial charge in [-0.1, -0.05) is 18.2 Å². The van der Waals surface area contributed by atoms with Gasteiger partial charge in [-0.05, 0) is 68.0 Å². The Kier molecular flexibility index (Phi) is 4.34. The van der Waals surface area contributed by atoms with Crippen molar-refractivity contribution >= 4 is 17.0 Å². The van der Waals surface area contributed by atoms with Gasteiger partial charge in [0.25, 0.3) is 5.91 Å². The first-order chi connectivity index (χ1) is 14.0. The van der Waals surface area contributed by atoms with Crippen molar-refractivity contribution in [3.05, 3.63) is 58.5 Å². The lowest BCUT2D eigenvalue weighted by Crippen LogP contribution is -2.45. The van der Waals surface area contributed by atoms with E-state index >= 15 is 0 Å². The van der Waals surface area contributed by atoms with Crippen molar-refractivity contribution < 1.29 is 13.9 Å². The highest BCUT2D eigenvalue weighted by atomic mass is 16.5. The second-order valence-electron chi connectivity index (χ2n) is 8.43. The number of amides is 1. The monoisotopic (exact) mass is 390 g/mol. The van der Waals surface area contributed by atoms with Crippen LogP contribution in [0.15, 0.2) is 34.7 Å². The third-order valence-corrected chi connectivity index (χ3v) is 6.41. The van der Waals surface area contributed by atoms with E-state index in [1.165, 1.54) is 11.1 Å². The lowest BCUT2D eigenvalue weighted by Gasteiger charge is -2.32. The molecule has 0 aliphatic carbocycles. The van der Waals surface area contributed by atoms with Crippen molar-refractivity contribution in [1.29, 1.82) is 0 Å². The number of aromatic nitrogens is 1. The van der Waals surface area contributed by atoms with Gasteiger partial charge in [0.05, 0.1) is 0 Å². The highest BCUT2D eigenvalue weighted by molar-refractivity contribution is 5.83. The zero-order valence-corrected chi connectivity index (χ0v) is 17.2. The molecule has 5 heteroatoms. The van der Waals surface area contributed by atoms with Gasteiger partial charge in [0.2, 0.25) is 0 Å². The summed E-state index contributed by atoms with van der Waals surface area (Å²) in [5.41, 5.74) is 6.49. The van der Waals surface area contributed by atoms with Crippen molar-refractivity contribution in [3.63, 3.8) is 0 Å². The summed E-state index contributed by atoms with van der Waals surface area (Å²) in [6.07, 6.45) is 2.01. The standard InChI is InChI=1S/C24H26N2O3/c1-14-5-4-6-19-22(14)29-23(25-19)17-7-9-26(10-8-17)24(27)21-13-18-11-15(2)16(3)12-20(18)28-21/h4-6,11-12,17,21H,7-10,13H2,1-3H3. The van der Waals surface area contributed by atoms with Crippen molar-refractivity contribution in [2.75, 3.05) is 13.1 Å². The average molecular weight is 390 g/mol. The Hall–Kier alpha value is -2.82. The molecular formula is C24H26N2O3. The third kappa shape index (κ3) is 3.18. The highest BCUT2D eigenvalue weighted by Gasteiger charge is 2.35. The molecule has 1 unspecified atom stereocenters. The quantitative estimate of drug-likeness (QED) is 0.648. The van der Waals surface area contributed by atoms with Crippen LogP contribution in [0.3, 0.4) is 0 Å². The van der Waals surface area contributed by atoms with E-state index < -0.39 is 6.10 Å². The molecular weight excluding hydrogens is 364 g/mol. The van der Waals surface area contributed by atoms with Crippen LogP contribution in [0.1, 0.15) is 46.9 Å². The van der Waals surface area contributed by atoms with Gasteiger partial charge in [-0.25, -0.2) is 4.98 Å². The maximum atomic E-state index is 13.0. The topological polar surface area (TPSA) is 55.6 Å². The maximum Gasteiger partial charge on any atom is 0.263 e. The Morgan fingerprint density at radius 3 is 2.59 bits per heavy atom. The first kappa shape index (κ1) is 18.2. The van der Waals surface area contributed by atoms with Crippen molar-refractivity contribution in [3.8, 4) is 5.75 Å². The molecule has 5 rings (SSSR count). The largest absolute Gasteiger partial charge is 0.480 e. The molecule has 0 bridgehead atoms. The van der Waals surface area contributed by atoms with Crippen LogP contribution in [-0.2, 0) is 11.2 Å². The van der Waals surface area contributed by atoms with Crippen LogP contribution in [0.25, 0.3) is 11.1 Å². The second-order valence-corrected chi connectivity index (χ2v) is 8.43. The summed E-state index contributed by atoms with van der Waals surface area (Å²) in [7, 11) is 0. The van der Waals surface area contributed by atoms with Crippen LogP contribution in [-0.4, -0.2) is 35.0 Å². The van der Waals surface area contributed by atoms with Gasteiger partial charge in [-0.2, -0.15) is 0 Å². The number of carbonyl (C=O) groups excluding carboxylic acids is 1. The van der Waals surface area contributed by atoms with Crippen molar-refractivity contribution in [1.82, 2.24) is 9.88 Å². The van der Waals surface area contributed by atoms with Crippen LogP contribution in [0.2, 0.25) is 0 Å². The number of likely N-dealkylation sites (tertiary alicyclic amines) is 1. The first-order valence-electron chi connectivity index (χ1n) is 10.4. The van der Waals surface area contributed by atoms with E-state index in [2.05, 4.69) is 26.0 Å². The molecule has 5 nitrogen and oxygen atoms in total. The number of rotatable bonds is 2. The summed E-state index contributed by atoms with van der Waals surface area (Å²) in [6.45, 7) is 7.65. The molecule has 1 amide bonds. The Balaban J connectivity index is 1.25. The molecule has 2 aliphatic rings. The molecule has 3 aromatic rings. The van der Waals surface area contributed by atoms with Gasteiger partial charge in [-0.15, -0.1) is 0 Å². The molecule has 0 radical (unpaired) electrons. The van der Waals surface area contributed by atoms with Gasteiger partial charge in [-0.3, -0.25) is 4.79 Å². The van der Waals surface area contributed by atoms with Crippen LogP contribution in [0.4, 0.5) is 0 Å². The third-order valence-electron chi connectivity index (χ3n) is 6.41. The maximum absolute atomic E-state index is 13.0. The first-order valence-corrected chi connectivity index (χ1v) is 10.4. The SMILES string of the molecule is Cc1cc2c(cc1C)OC(C(=O)N1CCC(c3nc4cccc(C)c4o3)CC1)C2. The summed E-state index contributed by atoms with van der Waals surface area (Å²) in [5.74, 6) is 2.03. The molecule has 1 fully saturated rings. The number of oxazole rings is 1. The van der Waals surface area contributed by atoms with Crippen molar-refractivity contribution in [2.45, 2.75) is 52.1 Å². The number of ether oxygens (including phenoxy) is 1. The normalized spacial score (nSPS) is 19.4. The Morgan fingerprint density at radius 2 is 1.83 bits per heavy atom. The minimum Gasteiger partial charge on any atom is -0.480 e. The molecule has 1 saturated heterocycles. The van der Waals surface area contributed by atoms with E-state index in [4.69, 9.17) is 14.1 Å².